The Morgan fingerprint density at radius 1 is 1.91 bits per heavy atom. The molecule has 0 aliphatic rings. The van der Waals surface area contributed by atoms with Crippen molar-refractivity contribution >= 4 is 17.3 Å². The summed E-state index contributed by atoms with van der Waals surface area (Å²) in [4.78, 5) is 6.69. The summed E-state index contributed by atoms with van der Waals surface area (Å²) in [6.45, 7) is 0.667. The van der Waals surface area contributed by atoms with Gasteiger partial charge in [0.15, 0.2) is 5.96 Å². The molecule has 0 saturated carbocycles. The summed E-state index contributed by atoms with van der Waals surface area (Å²) in [6.07, 6.45) is 1.78. The van der Waals surface area contributed by atoms with Crippen molar-refractivity contribution in [2.45, 2.75) is 6.54 Å². The highest BCUT2D eigenvalue weighted by molar-refractivity contribution is 7.09. The molecule has 60 valence electrons. The van der Waals surface area contributed by atoms with Gasteiger partial charge in [0, 0.05) is 18.1 Å². The molecule has 0 amide bonds. The first-order valence-corrected chi connectivity index (χ1v) is 4.00. The Balaban J connectivity index is 2.50. The number of nitrogens with zero attached hydrogens (tertiary/aromatic N) is 2. The van der Waals surface area contributed by atoms with Gasteiger partial charge in [0.1, 0.15) is 0 Å². The van der Waals surface area contributed by atoms with Crippen LogP contribution >= 0.6 is 11.3 Å². The molecule has 0 spiro atoms. The van der Waals surface area contributed by atoms with Crippen LogP contribution in [0, 0.1) is 5.41 Å². The largest absolute Gasteiger partial charge is 0.370 e. The third-order valence-corrected chi connectivity index (χ3v) is 2.05. The van der Waals surface area contributed by atoms with Crippen molar-refractivity contribution in [3.8, 4) is 0 Å². The van der Waals surface area contributed by atoms with Crippen molar-refractivity contribution in [2.24, 2.45) is 5.73 Å². The third kappa shape index (κ3) is 2.19. The molecular weight excluding hydrogens is 160 g/mol. The monoisotopic (exact) mass is 170 g/mol. The number of guanidine groups is 1. The Morgan fingerprint density at radius 2 is 2.64 bits per heavy atom. The van der Waals surface area contributed by atoms with Gasteiger partial charge in [-0.1, -0.05) is 0 Å². The van der Waals surface area contributed by atoms with E-state index in [-0.39, 0.29) is 5.96 Å². The number of thiazole rings is 1. The van der Waals surface area contributed by atoms with Gasteiger partial charge >= 0.3 is 0 Å². The molecule has 0 fully saturated rings. The number of rotatable bonds is 2. The van der Waals surface area contributed by atoms with Crippen LogP contribution in [0.3, 0.4) is 0 Å². The lowest BCUT2D eigenvalue weighted by atomic mass is 10.5. The smallest absolute Gasteiger partial charge is 0.188 e. The van der Waals surface area contributed by atoms with E-state index < -0.39 is 0 Å². The molecule has 0 saturated heterocycles. The lowest BCUT2D eigenvalue weighted by molar-refractivity contribution is 0.496. The van der Waals surface area contributed by atoms with Crippen molar-refractivity contribution < 1.29 is 0 Å². The Morgan fingerprint density at radius 3 is 3.09 bits per heavy atom. The van der Waals surface area contributed by atoms with E-state index in [4.69, 9.17) is 11.1 Å². The zero-order chi connectivity index (χ0) is 8.27. The zero-order valence-electron chi connectivity index (χ0n) is 6.24. The Bertz CT molecular complexity index is 231. The van der Waals surface area contributed by atoms with Gasteiger partial charge in [-0.15, -0.1) is 11.3 Å². The minimum Gasteiger partial charge on any atom is -0.370 e. The maximum Gasteiger partial charge on any atom is 0.188 e. The molecule has 0 radical (unpaired) electrons. The first-order chi connectivity index (χ1) is 5.20. The summed E-state index contributed by atoms with van der Waals surface area (Å²) >= 11 is 1.56. The molecule has 1 aromatic heterocycles. The Labute approximate surface area is 69.2 Å². The second-order valence-electron chi connectivity index (χ2n) is 2.21. The molecular formula is C6H10N4S. The highest BCUT2D eigenvalue weighted by Crippen LogP contribution is 2.07. The summed E-state index contributed by atoms with van der Waals surface area (Å²) in [5.74, 6) is 0.0819. The fourth-order valence-electron chi connectivity index (χ4n) is 0.639. The van der Waals surface area contributed by atoms with Crippen molar-refractivity contribution in [1.29, 1.82) is 5.41 Å². The number of hydrogen-bond donors (Lipinski definition) is 2. The summed E-state index contributed by atoms with van der Waals surface area (Å²) in [7, 11) is 1.78. The Hall–Kier alpha value is -1.10. The number of aromatic nitrogens is 1. The molecule has 11 heavy (non-hydrogen) atoms. The van der Waals surface area contributed by atoms with E-state index in [1.54, 1.807) is 35.0 Å². The van der Waals surface area contributed by atoms with Gasteiger partial charge in [-0.2, -0.15) is 0 Å². The molecule has 0 atom stereocenters. The molecule has 0 unspecified atom stereocenters. The molecule has 3 N–H and O–H groups in total. The van der Waals surface area contributed by atoms with Crippen LogP contribution in [0.25, 0.3) is 0 Å². The van der Waals surface area contributed by atoms with Gasteiger partial charge in [0.05, 0.1) is 12.1 Å². The molecule has 1 heterocycles. The quantitative estimate of drug-likeness (QED) is 0.501. The second kappa shape index (κ2) is 3.34. The van der Waals surface area contributed by atoms with Crippen molar-refractivity contribution in [2.75, 3.05) is 7.05 Å². The molecule has 0 aromatic carbocycles. The first-order valence-electron chi connectivity index (χ1n) is 3.12. The van der Waals surface area contributed by atoms with Crippen LogP contribution in [0.4, 0.5) is 0 Å². The third-order valence-electron chi connectivity index (χ3n) is 1.29. The van der Waals surface area contributed by atoms with Crippen molar-refractivity contribution in [1.82, 2.24) is 9.88 Å². The van der Waals surface area contributed by atoms with Crippen LogP contribution in [0.1, 0.15) is 4.88 Å². The molecule has 1 aromatic rings. The van der Waals surface area contributed by atoms with E-state index in [0.717, 1.165) is 4.88 Å². The fraction of sp³-hybridized carbons (Fsp3) is 0.333. The molecule has 0 aliphatic carbocycles. The van der Waals surface area contributed by atoms with Crippen LogP contribution in [0.5, 0.6) is 0 Å². The summed E-state index contributed by atoms with van der Waals surface area (Å²) in [6, 6.07) is 0. The minimum absolute atomic E-state index is 0.0819. The lowest BCUT2D eigenvalue weighted by Gasteiger charge is -2.14. The maximum atomic E-state index is 7.09. The summed E-state index contributed by atoms with van der Waals surface area (Å²) in [5, 5.41) is 7.09. The van der Waals surface area contributed by atoms with E-state index in [2.05, 4.69) is 4.98 Å². The average Bonchev–Trinajstić information content (AvgIpc) is 2.39. The van der Waals surface area contributed by atoms with E-state index in [9.17, 15) is 0 Å². The number of nitrogens with two attached hydrogens (primary N) is 1. The van der Waals surface area contributed by atoms with Gasteiger partial charge in [-0.05, 0) is 0 Å². The predicted molar refractivity (Wildman–Crippen MR) is 45.5 cm³/mol. The van der Waals surface area contributed by atoms with E-state index in [1.165, 1.54) is 0 Å². The van der Waals surface area contributed by atoms with Gasteiger partial charge < -0.3 is 10.6 Å². The highest BCUT2D eigenvalue weighted by atomic mass is 32.1. The van der Waals surface area contributed by atoms with E-state index >= 15 is 0 Å². The number of nitrogens with one attached hydrogen (secondary N) is 1. The van der Waals surface area contributed by atoms with Gasteiger partial charge in [-0.25, -0.2) is 0 Å². The van der Waals surface area contributed by atoms with Gasteiger partial charge in [0.2, 0.25) is 0 Å². The minimum atomic E-state index is 0.0819. The lowest BCUT2D eigenvalue weighted by Crippen LogP contribution is -2.31. The van der Waals surface area contributed by atoms with Crippen LogP contribution in [-0.4, -0.2) is 22.9 Å². The average molecular weight is 170 g/mol. The second-order valence-corrected chi connectivity index (χ2v) is 3.18. The fourth-order valence-corrected chi connectivity index (χ4v) is 1.29. The van der Waals surface area contributed by atoms with Crippen molar-refractivity contribution in [3.05, 3.63) is 16.6 Å². The van der Waals surface area contributed by atoms with Crippen LogP contribution in [0.15, 0.2) is 11.7 Å². The molecule has 4 nitrogen and oxygen atoms in total. The topological polar surface area (TPSA) is 66.0 Å². The van der Waals surface area contributed by atoms with Crippen LogP contribution in [-0.2, 0) is 6.54 Å². The molecule has 5 heteroatoms. The number of hydrogen-bond acceptors (Lipinski definition) is 3. The van der Waals surface area contributed by atoms with Gasteiger partial charge in [-0.3, -0.25) is 10.4 Å². The summed E-state index contributed by atoms with van der Waals surface area (Å²) < 4.78 is 0. The van der Waals surface area contributed by atoms with E-state index in [0.29, 0.717) is 6.54 Å². The zero-order valence-corrected chi connectivity index (χ0v) is 7.06. The molecule has 0 aliphatic heterocycles. The normalized spacial score (nSPS) is 9.55. The van der Waals surface area contributed by atoms with E-state index in [1.807, 2.05) is 0 Å². The van der Waals surface area contributed by atoms with Crippen LogP contribution < -0.4 is 5.73 Å². The highest BCUT2D eigenvalue weighted by Gasteiger charge is 2.01. The van der Waals surface area contributed by atoms with Crippen LogP contribution in [0.2, 0.25) is 0 Å². The predicted octanol–water partition coefficient (Wildman–Crippen LogP) is 0.468. The summed E-state index contributed by atoms with van der Waals surface area (Å²) in [5.41, 5.74) is 7.01. The standard InChI is InChI=1S/C6H10N4S/c1-10(6(7)8)3-5-2-9-4-11-5/h2,4H,3H2,1H3,(H3,7,8). The maximum absolute atomic E-state index is 7.09. The van der Waals surface area contributed by atoms with Gasteiger partial charge in [0.25, 0.3) is 0 Å². The Kier molecular flexibility index (Phi) is 2.43. The SMILES string of the molecule is CN(Cc1cncs1)C(=N)N. The molecule has 1 rings (SSSR count). The first kappa shape index (κ1) is 8.00. The molecule has 0 bridgehead atoms. The van der Waals surface area contributed by atoms with Crippen molar-refractivity contribution in [3.63, 3.8) is 0 Å².